The third-order valence-electron chi connectivity index (χ3n) is 3.56. The van der Waals surface area contributed by atoms with Crippen LogP contribution >= 0.6 is 15.9 Å². The lowest BCUT2D eigenvalue weighted by Gasteiger charge is -2.34. The van der Waals surface area contributed by atoms with Gasteiger partial charge in [-0.1, -0.05) is 22.9 Å². The molecule has 0 aromatic heterocycles. The zero-order valence-corrected chi connectivity index (χ0v) is 12.1. The second-order valence-corrected chi connectivity index (χ2v) is 5.96. The molecule has 1 aromatic rings. The fourth-order valence-electron chi connectivity index (χ4n) is 2.40. The van der Waals surface area contributed by atoms with Crippen molar-refractivity contribution < 1.29 is 5.11 Å². The highest BCUT2D eigenvalue weighted by Gasteiger charge is 2.19. The number of halogens is 1. The van der Waals surface area contributed by atoms with Crippen LogP contribution in [-0.4, -0.2) is 18.2 Å². The molecule has 1 aromatic carbocycles. The summed E-state index contributed by atoms with van der Waals surface area (Å²) in [6.45, 7) is 6.34. The summed E-state index contributed by atoms with van der Waals surface area (Å²) in [6, 6.07) is 6.19. The third-order valence-corrected chi connectivity index (χ3v) is 4.06. The first-order valence-corrected chi connectivity index (χ1v) is 7.09. The van der Waals surface area contributed by atoms with E-state index in [9.17, 15) is 5.11 Å². The van der Waals surface area contributed by atoms with Crippen LogP contribution in [0.4, 0.5) is 5.69 Å². The van der Waals surface area contributed by atoms with E-state index in [0.29, 0.717) is 0 Å². The summed E-state index contributed by atoms with van der Waals surface area (Å²) in [4.78, 5) is 2.40. The van der Waals surface area contributed by atoms with Crippen molar-refractivity contribution in [1.82, 2.24) is 0 Å². The highest BCUT2D eigenvalue weighted by molar-refractivity contribution is 9.10. The zero-order valence-electron chi connectivity index (χ0n) is 10.5. The summed E-state index contributed by atoms with van der Waals surface area (Å²) < 4.78 is 1.03. The molecule has 0 saturated carbocycles. The van der Waals surface area contributed by atoms with Gasteiger partial charge in [-0.2, -0.15) is 0 Å². The summed E-state index contributed by atoms with van der Waals surface area (Å²) in [5.41, 5.74) is 2.21. The van der Waals surface area contributed by atoms with Gasteiger partial charge in [-0.3, -0.25) is 0 Å². The Morgan fingerprint density at radius 2 is 2.00 bits per heavy atom. The summed E-state index contributed by atoms with van der Waals surface area (Å²) in [6.07, 6.45) is 2.08. The summed E-state index contributed by atoms with van der Waals surface area (Å²) in [5, 5.41) is 9.86. The fourth-order valence-corrected chi connectivity index (χ4v) is 2.78. The Morgan fingerprint density at radius 3 is 2.59 bits per heavy atom. The van der Waals surface area contributed by atoms with E-state index in [1.54, 1.807) is 0 Å². The standard InChI is InChI=1S/C14H20BrNO/c1-10-5-7-16(8-6-10)14-4-3-12(15)9-13(14)11(2)17/h3-4,9-11,17H,5-8H2,1-2H3. The van der Waals surface area contributed by atoms with Crippen LogP contribution in [0, 0.1) is 5.92 Å². The first kappa shape index (κ1) is 12.9. The van der Waals surface area contributed by atoms with Gasteiger partial charge in [0.25, 0.3) is 0 Å². The van der Waals surface area contributed by atoms with Crippen LogP contribution in [0.2, 0.25) is 0 Å². The normalized spacial score (nSPS) is 19.4. The molecular weight excluding hydrogens is 278 g/mol. The molecule has 94 valence electrons. The zero-order chi connectivity index (χ0) is 12.4. The SMILES string of the molecule is CC1CCN(c2ccc(Br)cc2C(C)O)CC1. The van der Waals surface area contributed by atoms with Gasteiger partial charge in [-0.25, -0.2) is 0 Å². The third kappa shape index (κ3) is 3.02. The first-order valence-electron chi connectivity index (χ1n) is 6.30. The second-order valence-electron chi connectivity index (χ2n) is 5.05. The smallest absolute Gasteiger partial charge is 0.0782 e. The van der Waals surface area contributed by atoms with E-state index >= 15 is 0 Å². The highest BCUT2D eigenvalue weighted by Crippen LogP contribution is 2.32. The number of nitrogens with zero attached hydrogens (tertiary/aromatic N) is 1. The molecule has 1 aliphatic rings. The number of aliphatic hydroxyl groups is 1. The minimum absolute atomic E-state index is 0.415. The molecule has 17 heavy (non-hydrogen) atoms. The van der Waals surface area contributed by atoms with Crippen molar-refractivity contribution in [1.29, 1.82) is 0 Å². The Bertz CT molecular complexity index is 384. The molecule has 2 nitrogen and oxygen atoms in total. The van der Waals surface area contributed by atoms with Crippen molar-refractivity contribution in [2.24, 2.45) is 5.92 Å². The van der Waals surface area contributed by atoms with Crippen molar-refractivity contribution in [2.45, 2.75) is 32.8 Å². The summed E-state index contributed by atoms with van der Waals surface area (Å²) in [5.74, 6) is 0.830. The molecule has 1 aliphatic heterocycles. The van der Waals surface area contributed by atoms with Crippen LogP contribution < -0.4 is 4.90 Å². The van der Waals surface area contributed by atoms with E-state index in [0.717, 1.165) is 29.0 Å². The number of rotatable bonds is 2. The quantitative estimate of drug-likeness (QED) is 0.899. The molecule has 0 spiro atoms. The van der Waals surface area contributed by atoms with E-state index < -0.39 is 6.10 Å². The van der Waals surface area contributed by atoms with Gasteiger partial charge >= 0.3 is 0 Å². The molecule has 0 radical (unpaired) electrons. The van der Waals surface area contributed by atoms with Gasteiger partial charge in [0.2, 0.25) is 0 Å². The molecular formula is C14H20BrNO. The topological polar surface area (TPSA) is 23.5 Å². The fraction of sp³-hybridized carbons (Fsp3) is 0.571. The average Bonchev–Trinajstić information content (AvgIpc) is 2.30. The second kappa shape index (κ2) is 5.40. The van der Waals surface area contributed by atoms with Crippen LogP contribution in [0.15, 0.2) is 22.7 Å². The van der Waals surface area contributed by atoms with Crippen LogP contribution in [0.1, 0.15) is 38.4 Å². The number of benzene rings is 1. The maximum absolute atomic E-state index is 9.86. The van der Waals surface area contributed by atoms with Crippen LogP contribution in [0.5, 0.6) is 0 Å². The van der Waals surface area contributed by atoms with E-state index in [-0.39, 0.29) is 0 Å². The monoisotopic (exact) mass is 297 g/mol. The predicted octanol–water partition coefficient (Wildman–Crippen LogP) is 3.74. The molecule has 0 amide bonds. The van der Waals surface area contributed by atoms with Crippen LogP contribution in [0.25, 0.3) is 0 Å². The van der Waals surface area contributed by atoms with Crippen molar-refractivity contribution in [3.63, 3.8) is 0 Å². The molecule has 0 aliphatic carbocycles. The Hall–Kier alpha value is -0.540. The lowest BCUT2D eigenvalue weighted by molar-refractivity contribution is 0.199. The lowest BCUT2D eigenvalue weighted by atomic mass is 9.97. The van der Waals surface area contributed by atoms with Gasteiger partial charge in [-0.15, -0.1) is 0 Å². The minimum atomic E-state index is -0.415. The Morgan fingerprint density at radius 1 is 1.35 bits per heavy atom. The molecule has 3 heteroatoms. The minimum Gasteiger partial charge on any atom is -0.389 e. The van der Waals surface area contributed by atoms with Gasteiger partial charge in [0.05, 0.1) is 6.10 Å². The largest absolute Gasteiger partial charge is 0.389 e. The average molecular weight is 298 g/mol. The van der Waals surface area contributed by atoms with Crippen LogP contribution in [0.3, 0.4) is 0 Å². The Balaban J connectivity index is 2.25. The molecule has 0 bridgehead atoms. The predicted molar refractivity (Wildman–Crippen MR) is 75.4 cm³/mol. The number of anilines is 1. The summed E-state index contributed by atoms with van der Waals surface area (Å²) in [7, 11) is 0. The molecule has 1 fully saturated rings. The molecule has 1 saturated heterocycles. The Labute approximate surface area is 112 Å². The van der Waals surface area contributed by atoms with E-state index in [4.69, 9.17) is 0 Å². The van der Waals surface area contributed by atoms with Crippen LogP contribution in [-0.2, 0) is 0 Å². The molecule has 1 N–H and O–H groups in total. The molecule has 1 heterocycles. The number of aliphatic hydroxyl groups excluding tert-OH is 1. The first-order chi connectivity index (χ1) is 8.08. The van der Waals surface area contributed by atoms with E-state index in [1.165, 1.54) is 18.5 Å². The number of piperidine rings is 1. The molecule has 1 atom stereocenters. The van der Waals surface area contributed by atoms with E-state index in [1.807, 2.05) is 13.0 Å². The maximum Gasteiger partial charge on any atom is 0.0782 e. The van der Waals surface area contributed by atoms with Crippen molar-refractivity contribution in [2.75, 3.05) is 18.0 Å². The van der Waals surface area contributed by atoms with Crippen molar-refractivity contribution in [3.05, 3.63) is 28.2 Å². The number of hydrogen-bond acceptors (Lipinski definition) is 2. The van der Waals surface area contributed by atoms with Gasteiger partial charge in [0, 0.05) is 28.8 Å². The molecule has 1 unspecified atom stereocenters. The highest BCUT2D eigenvalue weighted by atomic mass is 79.9. The summed E-state index contributed by atoms with van der Waals surface area (Å²) >= 11 is 3.47. The number of hydrogen-bond donors (Lipinski definition) is 1. The van der Waals surface area contributed by atoms with Gasteiger partial charge in [0.15, 0.2) is 0 Å². The lowest BCUT2D eigenvalue weighted by Crippen LogP contribution is -2.33. The van der Waals surface area contributed by atoms with Gasteiger partial charge in [0.1, 0.15) is 0 Å². The Kier molecular flexibility index (Phi) is 4.10. The maximum atomic E-state index is 9.86. The van der Waals surface area contributed by atoms with Crippen molar-refractivity contribution in [3.8, 4) is 0 Å². The van der Waals surface area contributed by atoms with Gasteiger partial charge in [-0.05, 0) is 43.9 Å². The molecule has 2 rings (SSSR count). The van der Waals surface area contributed by atoms with E-state index in [2.05, 4.69) is 39.9 Å². The van der Waals surface area contributed by atoms with Gasteiger partial charge < -0.3 is 10.0 Å². The van der Waals surface area contributed by atoms with Crippen molar-refractivity contribution >= 4 is 21.6 Å².